The molecule has 1 aliphatic heterocycles. The number of hydrogen-bond acceptors (Lipinski definition) is 7. The Hall–Kier alpha value is -3.91. The smallest absolute Gasteiger partial charge is 0.338 e. The minimum Gasteiger partial charge on any atom is -0.508 e. The molecule has 32 heavy (non-hydrogen) atoms. The summed E-state index contributed by atoms with van der Waals surface area (Å²) in [5.41, 5.74) is 1.00. The van der Waals surface area contributed by atoms with E-state index in [1.165, 1.54) is 34.4 Å². The third kappa shape index (κ3) is 3.76. The molecule has 2 heterocycles. The number of esters is 1. The van der Waals surface area contributed by atoms with Crippen LogP contribution in [0.4, 0.5) is 5.69 Å². The van der Waals surface area contributed by atoms with E-state index in [1.807, 2.05) is 0 Å². The summed E-state index contributed by atoms with van der Waals surface area (Å²) in [6.45, 7) is 1.89. The highest BCUT2D eigenvalue weighted by Crippen LogP contribution is 2.42. The first-order valence-electron chi connectivity index (χ1n) is 9.83. The van der Waals surface area contributed by atoms with Crippen molar-refractivity contribution in [2.75, 3.05) is 11.5 Å². The lowest BCUT2D eigenvalue weighted by Crippen LogP contribution is -2.31. The minimum absolute atomic E-state index is 0.0215. The molecule has 2 aromatic carbocycles. The second kappa shape index (κ2) is 8.68. The molecule has 1 unspecified atom stereocenters. The first-order chi connectivity index (χ1) is 15.4. The normalized spacial score (nSPS) is 15.8. The van der Waals surface area contributed by atoms with E-state index < -0.39 is 29.5 Å². The van der Waals surface area contributed by atoms with Crippen LogP contribution in [0.2, 0.25) is 0 Å². The van der Waals surface area contributed by atoms with Gasteiger partial charge < -0.3 is 14.9 Å². The minimum atomic E-state index is -0.949. The van der Waals surface area contributed by atoms with Crippen molar-refractivity contribution in [2.45, 2.75) is 13.0 Å². The molecule has 0 saturated heterocycles. The van der Waals surface area contributed by atoms with Crippen LogP contribution in [0.1, 0.15) is 38.6 Å². The lowest BCUT2D eigenvalue weighted by molar-refractivity contribution is -0.117. The van der Waals surface area contributed by atoms with Crippen molar-refractivity contribution in [3.63, 3.8) is 0 Å². The van der Waals surface area contributed by atoms with Crippen LogP contribution in [-0.4, -0.2) is 34.5 Å². The molecule has 7 nitrogen and oxygen atoms in total. The van der Waals surface area contributed by atoms with Crippen molar-refractivity contribution in [1.29, 1.82) is 0 Å². The molecule has 8 heteroatoms. The van der Waals surface area contributed by atoms with Gasteiger partial charge in [-0.15, -0.1) is 11.3 Å². The molecule has 2 N–H and O–H groups in total. The van der Waals surface area contributed by atoms with Gasteiger partial charge in [-0.2, -0.15) is 0 Å². The Morgan fingerprint density at radius 3 is 2.47 bits per heavy atom. The van der Waals surface area contributed by atoms with E-state index in [9.17, 15) is 24.6 Å². The van der Waals surface area contributed by atoms with E-state index in [0.29, 0.717) is 16.1 Å². The number of aliphatic hydroxyl groups excluding tert-OH is 1. The predicted molar refractivity (Wildman–Crippen MR) is 119 cm³/mol. The number of thiophene rings is 1. The van der Waals surface area contributed by atoms with Crippen LogP contribution in [0.3, 0.4) is 0 Å². The highest BCUT2D eigenvalue weighted by Gasteiger charge is 2.45. The maximum atomic E-state index is 13.2. The lowest BCUT2D eigenvalue weighted by atomic mass is 9.95. The van der Waals surface area contributed by atoms with E-state index in [2.05, 4.69) is 0 Å². The average molecular weight is 449 g/mol. The second-order valence-electron chi connectivity index (χ2n) is 7.01. The molecule has 0 saturated carbocycles. The van der Waals surface area contributed by atoms with E-state index in [4.69, 9.17) is 4.74 Å². The Morgan fingerprint density at radius 2 is 1.81 bits per heavy atom. The van der Waals surface area contributed by atoms with E-state index in [1.54, 1.807) is 54.8 Å². The SMILES string of the molecule is CCOC(=O)c1cccc(N2C(=O)C(O)=C(C(=O)c3cccs3)C2c2ccc(O)cc2)c1. The number of aromatic hydroxyl groups is 1. The summed E-state index contributed by atoms with van der Waals surface area (Å²) >= 11 is 1.20. The van der Waals surface area contributed by atoms with Crippen LogP contribution >= 0.6 is 11.3 Å². The number of carbonyl (C=O) groups is 3. The van der Waals surface area contributed by atoms with Gasteiger partial charge in [0, 0.05) is 5.69 Å². The highest BCUT2D eigenvalue weighted by molar-refractivity contribution is 7.12. The number of hydrogen-bond donors (Lipinski definition) is 2. The number of ether oxygens (including phenoxy) is 1. The number of anilines is 1. The summed E-state index contributed by atoms with van der Waals surface area (Å²) in [4.78, 5) is 40.3. The van der Waals surface area contributed by atoms with Gasteiger partial charge >= 0.3 is 5.97 Å². The van der Waals surface area contributed by atoms with Crippen molar-refractivity contribution in [2.24, 2.45) is 0 Å². The van der Waals surface area contributed by atoms with Gasteiger partial charge in [-0.05, 0) is 54.3 Å². The third-order valence-corrected chi connectivity index (χ3v) is 5.91. The fraction of sp³-hybridized carbons (Fsp3) is 0.125. The van der Waals surface area contributed by atoms with E-state index in [0.717, 1.165) is 0 Å². The summed E-state index contributed by atoms with van der Waals surface area (Å²) < 4.78 is 5.04. The summed E-state index contributed by atoms with van der Waals surface area (Å²) in [6.07, 6.45) is 0. The Balaban J connectivity index is 1.84. The summed E-state index contributed by atoms with van der Waals surface area (Å²) in [5.74, 6) is -2.40. The molecule has 0 aliphatic carbocycles. The van der Waals surface area contributed by atoms with Crippen LogP contribution in [0, 0.1) is 0 Å². The molecular formula is C24H19NO6S. The van der Waals surface area contributed by atoms with Crippen LogP contribution in [0.5, 0.6) is 5.75 Å². The van der Waals surface area contributed by atoms with Gasteiger partial charge in [0.2, 0.25) is 5.78 Å². The van der Waals surface area contributed by atoms with Gasteiger partial charge in [0.1, 0.15) is 5.75 Å². The van der Waals surface area contributed by atoms with Gasteiger partial charge in [-0.3, -0.25) is 14.5 Å². The van der Waals surface area contributed by atoms with Crippen LogP contribution in [0.15, 0.2) is 77.4 Å². The Bertz CT molecular complexity index is 1210. The van der Waals surface area contributed by atoms with Crippen molar-refractivity contribution >= 4 is 34.7 Å². The zero-order chi connectivity index (χ0) is 22.8. The quantitative estimate of drug-likeness (QED) is 0.427. The maximum absolute atomic E-state index is 13.2. The Labute approximate surface area is 187 Å². The Kier molecular flexibility index (Phi) is 5.79. The molecule has 0 bridgehead atoms. The Morgan fingerprint density at radius 1 is 1.06 bits per heavy atom. The van der Waals surface area contributed by atoms with Crippen LogP contribution < -0.4 is 4.90 Å². The molecule has 3 aromatic rings. The first kappa shape index (κ1) is 21.3. The van der Waals surface area contributed by atoms with E-state index in [-0.39, 0.29) is 23.5 Å². The summed E-state index contributed by atoms with van der Waals surface area (Å²) in [5, 5.41) is 22.2. The molecule has 1 atom stereocenters. The summed E-state index contributed by atoms with van der Waals surface area (Å²) in [7, 11) is 0. The van der Waals surface area contributed by atoms with Gasteiger partial charge in [-0.25, -0.2) is 4.79 Å². The molecule has 1 aromatic heterocycles. The number of amides is 1. The number of phenolic OH excluding ortho intramolecular Hbond substituents is 1. The number of aliphatic hydroxyl groups is 1. The summed E-state index contributed by atoms with van der Waals surface area (Å²) in [6, 6.07) is 14.7. The van der Waals surface area contributed by atoms with Gasteiger partial charge in [0.05, 0.1) is 28.7 Å². The molecule has 4 rings (SSSR count). The van der Waals surface area contributed by atoms with Gasteiger partial charge in [0.15, 0.2) is 5.76 Å². The fourth-order valence-corrected chi connectivity index (χ4v) is 4.29. The van der Waals surface area contributed by atoms with Crippen LogP contribution in [0.25, 0.3) is 0 Å². The first-order valence-corrected chi connectivity index (χ1v) is 10.7. The molecule has 0 spiro atoms. The molecule has 0 radical (unpaired) electrons. The zero-order valence-electron chi connectivity index (χ0n) is 17.0. The number of benzene rings is 2. The predicted octanol–water partition coefficient (Wildman–Crippen LogP) is 4.41. The maximum Gasteiger partial charge on any atom is 0.338 e. The van der Waals surface area contributed by atoms with Crippen LogP contribution in [-0.2, 0) is 9.53 Å². The molecule has 0 fully saturated rings. The molecule has 1 amide bonds. The standard InChI is InChI=1S/C24H19NO6S/c1-2-31-24(30)15-5-3-6-16(13-15)25-20(14-8-10-17(26)11-9-14)19(22(28)23(25)29)21(27)18-7-4-12-32-18/h3-13,20,26,28H,2H2,1H3. The largest absolute Gasteiger partial charge is 0.508 e. The van der Waals surface area contributed by atoms with Crippen molar-refractivity contribution in [3.05, 3.63) is 93.4 Å². The average Bonchev–Trinajstić information content (AvgIpc) is 3.42. The topological polar surface area (TPSA) is 104 Å². The number of Topliss-reactive ketones (excluding diaryl/α,β-unsaturated/α-hetero) is 1. The molecule has 162 valence electrons. The fourth-order valence-electron chi connectivity index (χ4n) is 3.61. The van der Waals surface area contributed by atoms with Gasteiger partial charge in [-0.1, -0.05) is 24.3 Å². The van der Waals surface area contributed by atoms with Crippen molar-refractivity contribution in [1.82, 2.24) is 0 Å². The monoisotopic (exact) mass is 449 g/mol. The third-order valence-electron chi connectivity index (χ3n) is 5.04. The number of nitrogens with zero attached hydrogens (tertiary/aromatic N) is 1. The van der Waals surface area contributed by atoms with E-state index >= 15 is 0 Å². The number of carbonyl (C=O) groups excluding carboxylic acids is 3. The van der Waals surface area contributed by atoms with Crippen molar-refractivity contribution in [3.8, 4) is 5.75 Å². The lowest BCUT2D eigenvalue weighted by Gasteiger charge is -2.27. The number of ketones is 1. The van der Waals surface area contributed by atoms with Crippen molar-refractivity contribution < 1.29 is 29.3 Å². The number of phenols is 1. The highest BCUT2D eigenvalue weighted by atomic mass is 32.1. The number of rotatable bonds is 6. The molecule has 1 aliphatic rings. The van der Waals surface area contributed by atoms with Gasteiger partial charge in [0.25, 0.3) is 5.91 Å². The zero-order valence-corrected chi connectivity index (χ0v) is 17.8. The molecular weight excluding hydrogens is 430 g/mol. The second-order valence-corrected chi connectivity index (χ2v) is 7.96.